The average Bonchev–Trinajstić information content (AvgIpc) is 3.06. The lowest BCUT2D eigenvalue weighted by molar-refractivity contribution is -0.119. The van der Waals surface area contributed by atoms with Crippen LogP contribution in [0, 0.1) is 0 Å². The fourth-order valence-electron chi connectivity index (χ4n) is 4.66. The number of hydrogen-bond donors (Lipinski definition) is 2. The highest BCUT2D eigenvalue weighted by Crippen LogP contribution is 2.23. The monoisotopic (exact) mass is 576 g/mol. The molecule has 0 atom stereocenters. The molecular formula is C35H36N4O4. The van der Waals surface area contributed by atoms with Gasteiger partial charge in [0.1, 0.15) is 0 Å². The smallest absolute Gasteiger partial charge is 0.253 e. The van der Waals surface area contributed by atoms with Crippen LogP contribution in [0.25, 0.3) is 0 Å². The topological polar surface area (TPSA) is 98.8 Å². The van der Waals surface area contributed by atoms with E-state index in [0.29, 0.717) is 42.0 Å². The third-order valence-electron chi connectivity index (χ3n) is 7.14. The standard InChI is InChI=1S/C35H36N4O4/c1-38(30-20-11-9-18-28(30)34(42)36-24-26-14-5-3-6-15-26)32(40)22-13-23-33(41)39(2)31-21-12-10-19-29(31)35(43)37-25-27-16-7-4-8-17-27/h3-12,14-21H,13,22-25H2,1-2H3,(H,36,42)(H,37,43). The molecule has 43 heavy (non-hydrogen) atoms. The Morgan fingerprint density at radius 2 is 0.860 bits per heavy atom. The van der Waals surface area contributed by atoms with Crippen molar-refractivity contribution in [2.45, 2.75) is 32.4 Å². The van der Waals surface area contributed by atoms with E-state index in [1.54, 1.807) is 62.6 Å². The van der Waals surface area contributed by atoms with Gasteiger partial charge in [-0.25, -0.2) is 0 Å². The summed E-state index contributed by atoms with van der Waals surface area (Å²) in [4.78, 5) is 54.9. The minimum atomic E-state index is -0.276. The molecular weight excluding hydrogens is 540 g/mol. The first kappa shape index (κ1) is 30.7. The molecule has 4 amide bonds. The zero-order valence-electron chi connectivity index (χ0n) is 24.5. The van der Waals surface area contributed by atoms with Crippen molar-refractivity contribution < 1.29 is 19.2 Å². The van der Waals surface area contributed by atoms with Gasteiger partial charge in [-0.2, -0.15) is 0 Å². The normalized spacial score (nSPS) is 10.5. The lowest BCUT2D eigenvalue weighted by atomic mass is 10.1. The number of nitrogens with one attached hydrogen (secondary N) is 2. The predicted molar refractivity (Wildman–Crippen MR) is 169 cm³/mol. The molecule has 0 saturated carbocycles. The minimum absolute atomic E-state index is 0.120. The predicted octanol–water partition coefficient (Wildman–Crippen LogP) is 5.34. The first-order chi connectivity index (χ1) is 20.8. The maximum absolute atomic E-state index is 13.1. The zero-order chi connectivity index (χ0) is 30.6. The van der Waals surface area contributed by atoms with Crippen LogP contribution in [0.15, 0.2) is 109 Å². The fraction of sp³-hybridized carbons (Fsp3) is 0.200. The second-order valence-electron chi connectivity index (χ2n) is 10.1. The molecule has 4 rings (SSSR count). The van der Waals surface area contributed by atoms with E-state index in [-0.39, 0.29) is 36.5 Å². The summed E-state index contributed by atoms with van der Waals surface area (Å²) in [7, 11) is 3.26. The second kappa shape index (κ2) is 15.1. The molecule has 0 spiro atoms. The van der Waals surface area contributed by atoms with Crippen LogP contribution in [0.3, 0.4) is 0 Å². The van der Waals surface area contributed by atoms with E-state index in [9.17, 15) is 19.2 Å². The summed E-state index contributed by atoms with van der Waals surface area (Å²) in [5.74, 6) is -0.969. The molecule has 2 N–H and O–H groups in total. The summed E-state index contributed by atoms with van der Waals surface area (Å²) in [5, 5.41) is 5.82. The number of hydrogen-bond acceptors (Lipinski definition) is 4. The molecule has 0 unspecified atom stereocenters. The fourth-order valence-corrected chi connectivity index (χ4v) is 4.66. The average molecular weight is 577 g/mol. The molecule has 0 saturated heterocycles. The van der Waals surface area contributed by atoms with Gasteiger partial charge in [0.05, 0.1) is 22.5 Å². The second-order valence-corrected chi connectivity index (χ2v) is 10.1. The molecule has 0 aliphatic heterocycles. The van der Waals surface area contributed by atoms with Gasteiger partial charge in [-0.15, -0.1) is 0 Å². The Hall–Kier alpha value is -5.24. The number of amides is 4. The lowest BCUT2D eigenvalue weighted by Gasteiger charge is -2.22. The summed E-state index contributed by atoms with van der Waals surface area (Å²) in [6, 6.07) is 33.1. The van der Waals surface area contributed by atoms with Crippen LogP contribution in [-0.4, -0.2) is 37.7 Å². The highest BCUT2D eigenvalue weighted by atomic mass is 16.2. The Labute approximate surface area is 252 Å². The quantitative estimate of drug-likeness (QED) is 0.238. The van der Waals surface area contributed by atoms with Crippen molar-refractivity contribution in [3.8, 4) is 0 Å². The number of para-hydroxylation sites is 2. The Bertz CT molecular complexity index is 1440. The van der Waals surface area contributed by atoms with E-state index in [1.807, 2.05) is 60.7 Å². The zero-order valence-corrected chi connectivity index (χ0v) is 24.5. The molecule has 0 aliphatic carbocycles. The molecule has 0 heterocycles. The summed E-state index contributed by atoms with van der Waals surface area (Å²) in [6.07, 6.45) is 0.557. The van der Waals surface area contributed by atoms with Crippen LogP contribution in [0.4, 0.5) is 11.4 Å². The van der Waals surface area contributed by atoms with Crippen molar-refractivity contribution >= 4 is 35.0 Å². The Kier molecular flexibility index (Phi) is 10.8. The van der Waals surface area contributed by atoms with Crippen molar-refractivity contribution in [3.63, 3.8) is 0 Å². The van der Waals surface area contributed by atoms with E-state index in [1.165, 1.54) is 9.80 Å². The third kappa shape index (κ3) is 8.39. The van der Waals surface area contributed by atoms with Gasteiger partial charge in [-0.3, -0.25) is 19.2 Å². The van der Waals surface area contributed by atoms with Gasteiger partial charge in [0, 0.05) is 40.0 Å². The van der Waals surface area contributed by atoms with Crippen molar-refractivity contribution in [2.24, 2.45) is 0 Å². The first-order valence-corrected chi connectivity index (χ1v) is 14.2. The van der Waals surface area contributed by atoms with Gasteiger partial charge in [-0.1, -0.05) is 84.9 Å². The number of benzene rings is 4. The first-order valence-electron chi connectivity index (χ1n) is 14.2. The third-order valence-corrected chi connectivity index (χ3v) is 7.14. The van der Waals surface area contributed by atoms with Crippen molar-refractivity contribution in [1.82, 2.24) is 10.6 Å². The highest BCUT2D eigenvalue weighted by Gasteiger charge is 2.21. The maximum atomic E-state index is 13.1. The van der Waals surface area contributed by atoms with Crippen LogP contribution in [0.1, 0.15) is 51.1 Å². The number of rotatable bonds is 12. The number of carbonyl (C=O) groups excluding carboxylic acids is 4. The number of carbonyl (C=O) groups is 4. The van der Waals surface area contributed by atoms with Crippen LogP contribution in [-0.2, 0) is 22.7 Å². The minimum Gasteiger partial charge on any atom is -0.348 e. The summed E-state index contributed by atoms with van der Waals surface area (Å²) >= 11 is 0. The van der Waals surface area contributed by atoms with Crippen LogP contribution < -0.4 is 20.4 Å². The van der Waals surface area contributed by atoms with Gasteiger partial charge in [0.15, 0.2) is 0 Å². The SMILES string of the molecule is CN(C(=O)CCCC(=O)N(C)c1ccccc1C(=O)NCc1ccccc1)c1ccccc1C(=O)NCc1ccccc1. The summed E-state index contributed by atoms with van der Waals surface area (Å²) in [6.45, 7) is 0.748. The molecule has 0 radical (unpaired) electrons. The highest BCUT2D eigenvalue weighted by molar-refractivity contribution is 6.06. The summed E-state index contributed by atoms with van der Waals surface area (Å²) < 4.78 is 0. The van der Waals surface area contributed by atoms with Gasteiger partial charge in [-0.05, 0) is 41.8 Å². The largest absolute Gasteiger partial charge is 0.348 e. The van der Waals surface area contributed by atoms with Gasteiger partial charge < -0.3 is 20.4 Å². The molecule has 0 bridgehead atoms. The van der Waals surface area contributed by atoms with Gasteiger partial charge >= 0.3 is 0 Å². The molecule has 4 aromatic carbocycles. The van der Waals surface area contributed by atoms with E-state index >= 15 is 0 Å². The molecule has 220 valence electrons. The molecule has 0 fully saturated rings. The molecule has 0 aromatic heterocycles. The molecule has 8 nitrogen and oxygen atoms in total. The van der Waals surface area contributed by atoms with E-state index in [0.717, 1.165) is 11.1 Å². The van der Waals surface area contributed by atoms with E-state index in [4.69, 9.17) is 0 Å². The van der Waals surface area contributed by atoms with Crippen LogP contribution in [0.2, 0.25) is 0 Å². The van der Waals surface area contributed by atoms with Gasteiger partial charge in [0.25, 0.3) is 11.8 Å². The van der Waals surface area contributed by atoms with Crippen molar-refractivity contribution in [1.29, 1.82) is 0 Å². The van der Waals surface area contributed by atoms with E-state index in [2.05, 4.69) is 10.6 Å². The van der Waals surface area contributed by atoms with Crippen LogP contribution >= 0.6 is 0 Å². The van der Waals surface area contributed by atoms with Crippen molar-refractivity contribution in [2.75, 3.05) is 23.9 Å². The molecule has 8 heteroatoms. The van der Waals surface area contributed by atoms with Crippen molar-refractivity contribution in [3.05, 3.63) is 131 Å². The maximum Gasteiger partial charge on any atom is 0.253 e. The van der Waals surface area contributed by atoms with Crippen LogP contribution in [0.5, 0.6) is 0 Å². The molecule has 4 aromatic rings. The lowest BCUT2D eigenvalue weighted by Crippen LogP contribution is -2.32. The Morgan fingerprint density at radius 3 is 1.26 bits per heavy atom. The Morgan fingerprint density at radius 1 is 0.512 bits per heavy atom. The number of anilines is 2. The number of nitrogens with zero attached hydrogens (tertiary/aromatic N) is 2. The summed E-state index contributed by atoms with van der Waals surface area (Å²) in [5.41, 5.74) is 3.74. The van der Waals surface area contributed by atoms with Gasteiger partial charge in [0.2, 0.25) is 11.8 Å². The van der Waals surface area contributed by atoms with E-state index < -0.39 is 0 Å². The molecule has 0 aliphatic rings. The Balaban J connectivity index is 1.31.